The van der Waals surface area contributed by atoms with Crippen LogP contribution in [0.25, 0.3) is 0 Å². The molecule has 5 heteroatoms. The minimum Gasteiger partial charge on any atom is -0.315 e. The molecule has 0 aliphatic carbocycles. The van der Waals surface area contributed by atoms with Crippen LogP contribution in [0.1, 0.15) is 11.1 Å². The third-order valence-corrected chi connectivity index (χ3v) is 4.55. The molecule has 2 N–H and O–H groups in total. The van der Waals surface area contributed by atoms with E-state index in [1.165, 1.54) is 5.56 Å². The number of hydrogen-bond acceptors (Lipinski definition) is 2. The molecule has 2 aromatic rings. The molecule has 0 aromatic heterocycles. The van der Waals surface area contributed by atoms with Crippen LogP contribution in [0.4, 0.5) is 0 Å². The predicted octanol–water partition coefficient (Wildman–Crippen LogP) is 4.61. The van der Waals surface area contributed by atoms with Crippen molar-refractivity contribution in [2.75, 3.05) is 26.2 Å². The molecule has 124 valence electrons. The van der Waals surface area contributed by atoms with Crippen LogP contribution in [0.15, 0.2) is 42.5 Å². The molecule has 0 saturated carbocycles. The van der Waals surface area contributed by atoms with Gasteiger partial charge in [-0.15, -0.1) is 0 Å². The Bertz CT molecular complexity index is 617. The Labute approximate surface area is 153 Å². The zero-order valence-corrected chi connectivity index (χ0v) is 15.2. The summed E-state index contributed by atoms with van der Waals surface area (Å²) in [6.07, 6.45) is 1.84. The van der Waals surface area contributed by atoms with E-state index in [-0.39, 0.29) is 0 Å². The van der Waals surface area contributed by atoms with Crippen LogP contribution < -0.4 is 10.6 Å². The molecular formula is C18H21Cl3N2. The van der Waals surface area contributed by atoms with E-state index in [0.717, 1.165) is 54.6 Å². The van der Waals surface area contributed by atoms with Gasteiger partial charge in [-0.3, -0.25) is 0 Å². The lowest BCUT2D eigenvalue weighted by molar-refractivity contribution is 0.611. The molecule has 0 radical (unpaired) electrons. The van der Waals surface area contributed by atoms with Gasteiger partial charge < -0.3 is 10.6 Å². The molecule has 0 spiro atoms. The van der Waals surface area contributed by atoms with Gasteiger partial charge in [-0.2, -0.15) is 0 Å². The molecule has 0 atom stereocenters. The van der Waals surface area contributed by atoms with Gasteiger partial charge in [0.15, 0.2) is 0 Å². The highest BCUT2D eigenvalue weighted by molar-refractivity contribution is 6.35. The monoisotopic (exact) mass is 370 g/mol. The summed E-state index contributed by atoms with van der Waals surface area (Å²) < 4.78 is 0. The van der Waals surface area contributed by atoms with E-state index in [1.807, 2.05) is 30.3 Å². The molecule has 0 saturated heterocycles. The first kappa shape index (κ1) is 18.6. The lowest BCUT2D eigenvalue weighted by Crippen LogP contribution is -2.29. The van der Waals surface area contributed by atoms with Crippen molar-refractivity contribution in [3.8, 4) is 0 Å². The summed E-state index contributed by atoms with van der Waals surface area (Å²) >= 11 is 18.2. The summed E-state index contributed by atoms with van der Waals surface area (Å²) in [6.45, 7) is 3.68. The molecule has 0 aliphatic rings. The van der Waals surface area contributed by atoms with Crippen molar-refractivity contribution in [1.82, 2.24) is 10.6 Å². The summed E-state index contributed by atoms with van der Waals surface area (Å²) in [5.74, 6) is 0. The van der Waals surface area contributed by atoms with Crippen molar-refractivity contribution in [2.24, 2.45) is 0 Å². The highest BCUT2D eigenvalue weighted by atomic mass is 35.5. The van der Waals surface area contributed by atoms with Crippen molar-refractivity contribution in [3.63, 3.8) is 0 Å². The van der Waals surface area contributed by atoms with Crippen molar-refractivity contribution < 1.29 is 0 Å². The second-order valence-corrected chi connectivity index (χ2v) is 6.58. The summed E-state index contributed by atoms with van der Waals surface area (Å²) in [5.41, 5.74) is 2.31. The quantitative estimate of drug-likeness (QED) is 0.629. The van der Waals surface area contributed by atoms with E-state index in [0.29, 0.717) is 5.02 Å². The van der Waals surface area contributed by atoms with Gasteiger partial charge in [0, 0.05) is 28.2 Å². The first-order chi connectivity index (χ1) is 11.2. The standard InChI is InChI=1S/C18H21Cl3N2/c19-16-6-5-15(18(21)13-16)8-10-23-12-11-22-9-7-14-3-1-2-4-17(14)20/h1-6,13,22-23H,7-12H2. The van der Waals surface area contributed by atoms with Gasteiger partial charge in [0.2, 0.25) is 0 Å². The largest absolute Gasteiger partial charge is 0.315 e. The van der Waals surface area contributed by atoms with Crippen LogP contribution in [0.5, 0.6) is 0 Å². The van der Waals surface area contributed by atoms with E-state index in [1.54, 1.807) is 6.07 Å². The lowest BCUT2D eigenvalue weighted by atomic mass is 10.1. The minimum atomic E-state index is 0.675. The van der Waals surface area contributed by atoms with E-state index in [9.17, 15) is 0 Å². The second kappa shape index (κ2) is 10.2. The van der Waals surface area contributed by atoms with E-state index in [4.69, 9.17) is 34.8 Å². The van der Waals surface area contributed by atoms with E-state index >= 15 is 0 Å². The Morgan fingerprint density at radius 1 is 0.652 bits per heavy atom. The van der Waals surface area contributed by atoms with Crippen LogP contribution >= 0.6 is 34.8 Å². The average molecular weight is 372 g/mol. The van der Waals surface area contributed by atoms with Crippen molar-refractivity contribution in [1.29, 1.82) is 0 Å². The highest BCUT2D eigenvalue weighted by Gasteiger charge is 2.01. The zero-order chi connectivity index (χ0) is 16.5. The van der Waals surface area contributed by atoms with E-state index in [2.05, 4.69) is 16.7 Å². The van der Waals surface area contributed by atoms with Gasteiger partial charge in [-0.05, 0) is 55.3 Å². The van der Waals surface area contributed by atoms with Gasteiger partial charge in [-0.25, -0.2) is 0 Å². The summed E-state index contributed by atoms with van der Waals surface area (Å²) in [6, 6.07) is 13.6. The number of benzene rings is 2. The molecule has 0 unspecified atom stereocenters. The third kappa shape index (κ3) is 6.70. The summed E-state index contributed by atoms with van der Waals surface area (Å²) in [4.78, 5) is 0. The Morgan fingerprint density at radius 2 is 1.26 bits per heavy atom. The molecular weight excluding hydrogens is 351 g/mol. The maximum absolute atomic E-state index is 6.15. The topological polar surface area (TPSA) is 24.1 Å². The van der Waals surface area contributed by atoms with Gasteiger partial charge in [0.05, 0.1) is 0 Å². The maximum Gasteiger partial charge on any atom is 0.0453 e. The number of halogens is 3. The number of hydrogen-bond donors (Lipinski definition) is 2. The average Bonchev–Trinajstić information content (AvgIpc) is 2.53. The molecule has 2 rings (SSSR count). The molecule has 0 aliphatic heterocycles. The Balaban J connectivity index is 1.53. The van der Waals surface area contributed by atoms with E-state index < -0.39 is 0 Å². The zero-order valence-electron chi connectivity index (χ0n) is 12.9. The minimum absolute atomic E-state index is 0.675. The molecule has 0 bridgehead atoms. The van der Waals surface area contributed by atoms with Crippen LogP contribution in [0, 0.1) is 0 Å². The molecule has 0 fully saturated rings. The normalized spacial score (nSPS) is 10.9. The summed E-state index contributed by atoms with van der Waals surface area (Å²) in [7, 11) is 0. The van der Waals surface area contributed by atoms with Gasteiger partial charge in [-0.1, -0.05) is 59.1 Å². The van der Waals surface area contributed by atoms with Gasteiger partial charge >= 0.3 is 0 Å². The van der Waals surface area contributed by atoms with Crippen LogP contribution in [-0.2, 0) is 12.8 Å². The first-order valence-corrected chi connectivity index (χ1v) is 8.89. The molecule has 23 heavy (non-hydrogen) atoms. The van der Waals surface area contributed by atoms with Gasteiger partial charge in [0.1, 0.15) is 0 Å². The molecule has 2 nitrogen and oxygen atoms in total. The van der Waals surface area contributed by atoms with Gasteiger partial charge in [0.25, 0.3) is 0 Å². The van der Waals surface area contributed by atoms with Crippen LogP contribution in [0.3, 0.4) is 0 Å². The number of rotatable bonds is 9. The van der Waals surface area contributed by atoms with Crippen molar-refractivity contribution in [2.45, 2.75) is 12.8 Å². The molecule has 2 aromatic carbocycles. The third-order valence-electron chi connectivity index (χ3n) is 3.59. The lowest BCUT2D eigenvalue weighted by Gasteiger charge is -2.08. The summed E-state index contributed by atoms with van der Waals surface area (Å²) in [5, 5.41) is 9.07. The second-order valence-electron chi connectivity index (χ2n) is 5.33. The molecule has 0 heterocycles. The van der Waals surface area contributed by atoms with Crippen LogP contribution in [-0.4, -0.2) is 26.2 Å². The van der Waals surface area contributed by atoms with Crippen LogP contribution in [0.2, 0.25) is 15.1 Å². The fourth-order valence-electron chi connectivity index (χ4n) is 2.30. The van der Waals surface area contributed by atoms with Crippen molar-refractivity contribution >= 4 is 34.8 Å². The van der Waals surface area contributed by atoms with Crippen molar-refractivity contribution in [3.05, 3.63) is 68.7 Å². The maximum atomic E-state index is 6.15. The fraction of sp³-hybridized carbons (Fsp3) is 0.333. The smallest absolute Gasteiger partial charge is 0.0453 e. The fourth-order valence-corrected chi connectivity index (χ4v) is 3.03. The Kier molecular flexibility index (Phi) is 8.21. The highest BCUT2D eigenvalue weighted by Crippen LogP contribution is 2.21. The molecule has 0 amide bonds. The number of nitrogens with one attached hydrogen (secondary N) is 2. The Hall–Kier alpha value is -0.770. The first-order valence-electron chi connectivity index (χ1n) is 7.75. The SMILES string of the molecule is Clc1ccc(CCNCCNCCc2ccccc2Cl)c(Cl)c1. The Morgan fingerprint density at radius 3 is 1.87 bits per heavy atom. The predicted molar refractivity (Wildman–Crippen MR) is 101 cm³/mol.